The highest BCUT2D eigenvalue weighted by Crippen LogP contribution is 2.18. The van der Waals surface area contributed by atoms with Gasteiger partial charge in [-0.2, -0.15) is 5.10 Å². The summed E-state index contributed by atoms with van der Waals surface area (Å²) in [7, 11) is 0. The number of aryl methyl sites for hydroxylation is 1. The van der Waals surface area contributed by atoms with E-state index >= 15 is 0 Å². The first-order valence-electron chi connectivity index (χ1n) is 10.7. The number of carbonyl (C=O) groups is 2. The number of nitrogens with zero attached hydrogens (tertiary/aromatic N) is 4. The summed E-state index contributed by atoms with van der Waals surface area (Å²) in [6.07, 6.45) is 0. The number of hydrogen-bond donors (Lipinski definition) is 0. The minimum Gasteiger partial charge on any atom is -0.368 e. The van der Waals surface area contributed by atoms with Crippen LogP contribution in [0.15, 0.2) is 65.5 Å². The van der Waals surface area contributed by atoms with Crippen LogP contribution >= 0.6 is 0 Å². The number of piperazine rings is 1. The summed E-state index contributed by atoms with van der Waals surface area (Å²) in [5, 5.41) is 4.41. The average molecular weight is 431 g/mol. The summed E-state index contributed by atoms with van der Waals surface area (Å²) >= 11 is 0. The lowest BCUT2D eigenvalue weighted by atomic mass is 10.1. The Labute approximate surface area is 186 Å². The Morgan fingerprint density at radius 1 is 0.875 bits per heavy atom. The quantitative estimate of drug-likeness (QED) is 0.582. The maximum Gasteiger partial charge on any atom is 0.267 e. The van der Waals surface area contributed by atoms with Crippen LogP contribution in [0.5, 0.6) is 0 Å². The summed E-state index contributed by atoms with van der Waals surface area (Å²) in [6, 6.07) is 18.6. The van der Waals surface area contributed by atoms with E-state index in [0.29, 0.717) is 37.4 Å². The molecule has 164 valence electrons. The number of carbonyl (C=O) groups excluding carboxylic acids is 2. The zero-order valence-corrected chi connectivity index (χ0v) is 18.3. The minimum atomic E-state index is -0.293. The third-order valence-electron chi connectivity index (χ3n) is 5.77. The second kappa shape index (κ2) is 9.18. The Bertz CT molecular complexity index is 1180. The fraction of sp³-hybridized carbons (Fsp3) is 0.280. The van der Waals surface area contributed by atoms with Crippen molar-refractivity contribution in [3.05, 3.63) is 82.1 Å². The fourth-order valence-electron chi connectivity index (χ4n) is 3.79. The van der Waals surface area contributed by atoms with E-state index in [1.165, 1.54) is 10.7 Å². The summed E-state index contributed by atoms with van der Waals surface area (Å²) in [6.45, 7) is 6.01. The number of anilines is 1. The molecule has 1 aliphatic heterocycles. The van der Waals surface area contributed by atoms with E-state index in [0.717, 1.165) is 16.8 Å². The second-order valence-corrected chi connectivity index (χ2v) is 8.05. The van der Waals surface area contributed by atoms with Gasteiger partial charge in [-0.3, -0.25) is 14.4 Å². The molecule has 0 radical (unpaired) electrons. The van der Waals surface area contributed by atoms with Crippen molar-refractivity contribution in [2.24, 2.45) is 0 Å². The first-order valence-corrected chi connectivity index (χ1v) is 10.7. The Balaban J connectivity index is 1.39. The van der Waals surface area contributed by atoms with Crippen LogP contribution in [0.25, 0.3) is 11.3 Å². The van der Waals surface area contributed by atoms with Crippen molar-refractivity contribution in [2.75, 3.05) is 31.1 Å². The van der Waals surface area contributed by atoms with E-state index in [4.69, 9.17) is 0 Å². The van der Waals surface area contributed by atoms with Crippen molar-refractivity contribution >= 4 is 17.4 Å². The maximum absolute atomic E-state index is 12.8. The number of Topliss-reactive ketones (excluding diaryl/α,β-unsaturated/α-hetero) is 1. The van der Waals surface area contributed by atoms with Crippen molar-refractivity contribution < 1.29 is 9.59 Å². The van der Waals surface area contributed by atoms with Gasteiger partial charge in [-0.25, -0.2) is 4.68 Å². The van der Waals surface area contributed by atoms with Gasteiger partial charge in [-0.05, 0) is 44.2 Å². The van der Waals surface area contributed by atoms with Gasteiger partial charge in [0.1, 0.15) is 6.54 Å². The van der Waals surface area contributed by atoms with Crippen molar-refractivity contribution in [1.82, 2.24) is 14.7 Å². The summed E-state index contributed by atoms with van der Waals surface area (Å²) in [4.78, 5) is 40.5. The first-order chi connectivity index (χ1) is 15.4. The molecule has 0 aliphatic carbocycles. The Morgan fingerprint density at radius 2 is 1.53 bits per heavy atom. The second-order valence-electron chi connectivity index (χ2n) is 8.05. The van der Waals surface area contributed by atoms with Crippen molar-refractivity contribution in [3.8, 4) is 11.3 Å². The molecular formula is C25H26N4O3. The van der Waals surface area contributed by atoms with Crippen LogP contribution in [0, 0.1) is 6.92 Å². The van der Waals surface area contributed by atoms with E-state index in [9.17, 15) is 14.4 Å². The van der Waals surface area contributed by atoms with E-state index in [1.807, 2.05) is 55.5 Å². The van der Waals surface area contributed by atoms with E-state index < -0.39 is 0 Å². The lowest BCUT2D eigenvalue weighted by Gasteiger charge is -2.36. The molecular weight excluding hydrogens is 404 g/mol. The van der Waals surface area contributed by atoms with Gasteiger partial charge >= 0.3 is 0 Å². The van der Waals surface area contributed by atoms with Gasteiger partial charge in [-0.1, -0.05) is 29.8 Å². The maximum atomic E-state index is 12.8. The minimum absolute atomic E-state index is 0.0438. The van der Waals surface area contributed by atoms with Crippen LogP contribution in [-0.2, 0) is 11.3 Å². The molecule has 7 nitrogen and oxygen atoms in total. The molecule has 1 amide bonds. The molecule has 0 unspecified atom stereocenters. The summed E-state index contributed by atoms with van der Waals surface area (Å²) in [5.74, 6) is -0.0745. The van der Waals surface area contributed by atoms with Crippen molar-refractivity contribution in [2.45, 2.75) is 20.4 Å². The highest BCUT2D eigenvalue weighted by molar-refractivity contribution is 5.94. The lowest BCUT2D eigenvalue weighted by Crippen LogP contribution is -2.50. The Morgan fingerprint density at radius 3 is 2.16 bits per heavy atom. The molecule has 0 bridgehead atoms. The molecule has 7 heteroatoms. The molecule has 32 heavy (non-hydrogen) atoms. The van der Waals surface area contributed by atoms with Crippen LogP contribution in [0.2, 0.25) is 0 Å². The van der Waals surface area contributed by atoms with Crippen molar-refractivity contribution in [1.29, 1.82) is 0 Å². The molecule has 0 N–H and O–H groups in total. The van der Waals surface area contributed by atoms with Crippen LogP contribution in [0.1, 0.15) is 22.8 Å². The molecule has 0 spiro atoms. The Kier molecular flexibility index (Phi) is 6.16. The topological polar surface area (TPSA) is 75.5 Å². The van der Waals surface area contributed by atoms with Crippen LogP contribution < -0.4 is 10.5 Å². The van der Waals surface area contributed by atoms with Gasteiger partial charge in [0, 0.05) is 49.1 Å². The lowest BCUT2D eigenvalue weighted by molar-refractivity contribution is -0.132. The highest BCUT2D eigenvalue weighted by Gasteiger charge is 2.22. The molecule has 1 saturated heterocycles. The fourth-order valence-corrected chi connectivity index (χ4v) is 3.79. The van der Waals surface area contributed by atoms with Crippen molar-refractivity contribution in [3.63, 3.8) is 0 Å². The highest BCUT2D eigenvalue weighted by atomic mass is 16.2. The number of amides is 1. The van der Waals surface area contributed by atoms with Gasteiger partial charge < -0.3 is 9.80 Å². The van der Waals surface area contributed by atoms with Gasteiger partial charge in [0.15, 0.2) is 5.78 Å². The average Bonchev–Trinajstić information content (AvgIpc) is 2.81. The molecule has 0 atom stereocenters. The molecule has 1 aromatic heterocycles. The standard InChI is InChI=1S/C25H26N4O3/c1-18-3-5-21(6-4-18)23-11-12-24(31)29(26-23)17-25(32)28-15-13-27(14-16-28)22-9-7-20(8-10-22)19(2)30/h3-12H,13-17H2,1-2H3. The number of rotatable bonds is 5. The number of ketones is 1. The zero-order valence-electron chi connectivity index (χ0n) is 18.3. The summed E-state index contributed by atoms with van der Waals surface area (Å²) < 4.78 is 1.24. The van der Waals surface area contributed by atoms with Gasteiger partial charge in [-0.15, -0.1) is 0 Å². The largest absolute Gasteiger partial charge is 0.368 e. The van der Waals surface area contributed by atoms with E-state index in [-0.39, 0.29) is 23.8 Å². The van der Waals surface area contributed by atoms with Gasteiger partial charge in [0.2, 0.25) is 5.91 Å². The number of benzene rings is 2. The summed E-state index contributed by atoms with van der Waals surface area (Å²) in [5.41, 5.74) is 4.14. The predicted octanol–water partition coefficient (Wildman–Crippen LogP) is 2.77. The molecule has 2 aromatic carbocycles. The molecule has 3 aromatic rings. The SMILES string of the molecule is CC(=O)c1ccc(N2CCN(C(=O)Cn3nc(-c4ccc(C)cc4)ccc3=O)CC2)cc1. The third kappa shape index (κ3) is 4.77. The zero-order chi connectivity index (χ0) is 22.7. The van der Waals surface area contributed by atoms with Crippen LogP contribution in [0.4, 0.5) is 5.69 Å². The normalized spacial score (nSPS) is 13.8. The predicted molar refractivity (Wildman–Crippen MR) is 124 cm³/mol. The van der Waals surface area contributed by atoms with E-state index in [1.54, 1.807) is 17.9 Å². The molecule has 0 saturated carbocycles. The molecule has 4 rings (SSSR count). The molecule has 1 aliphatic rings. The van der Waals surface area contributed by atoms with Gasteiger partial charge in [0.05, 0.1) is 5.69 Å². The first kappa shape index (κ1) is 21.5. The van der Waals surface area contributed by atoms with Crippen LogP contribution in [0.3, 0.4) is 0 Å². The van der Waals surface area contributed by atoms with Crippen LogP contribution in [-0.4, -0.2) is 52.5 Å². The number of aromatic nitrogens is 2. The molecule has 1 fully saturated rings. The number of hydrogen-bond acceptors (Lipinski definition) is 5. The smallest absolute Gasteiger partial charge is 0.267 e. The third-order valence-corrected chi connectivity index (χ3v) is 5.77. The van der Waals surface area contributed by atoms with E-state index in [2.05, 4.69) is 10.00 Å². The molecule has 2 heterocycles. The Hall–Kier alpha value is -3.74. The van der Waals surface area contributed by atoms with Gasteiger partial charge in [0.25, 0.3) is 5.56 Å². The monoisotopic (exact) mass is 430 g/mol.